The molecule has 120 valence electrons. The van der Waals surface area contributed by atoms with Crippen LogP contribution in [0.15, 0.2) is 0 Å². The zero-order chi connectivity index (χ0) is 15.7. The van der Waals surface area contributed by atoms with Gasteiger partial charge in [0.15, 0.2) is 0 Å². The number of hydrogen-bond acceptors (Lipinski definition) is 2. The zero-order valence-electron chi connectivity index (χ0n) is 14.0. The highest BCUT2D eigenvalue weighted by Crippen LogP contribution is 2.44. The third-order valence-corrected chi connectivity index (χ3v) is 5.47. The summed E-state index contributed by atoms with van der Waals surface area (Å²) in [7, 11) is 0. The molecule has 1 aliphatic carbocycles. The monoisotopic (exact) mass is 294 g/mol. The molecule has 0 aromatic heterocycles. The van der Waals surface area contributed by atoms with Crippen LogP contribution >= 0.6 is 0 Å². The highest BCUT2D eigenvalue weighted by atomic mass is 16.2. The molecule has 0 radical (unpaired) electrons. The van der Waals surface area contributed by atoms with Gasteiger partial charge in [-0.2, -0.15) is 0 Å². The fourth-order valence-corrected chi connectivity index (χ4v) is 3.38. The van der Waals surface area contributed by atoms with Gasteiger partial charge < -0.3 is 10.2 Å². The number of carbonyl (C=O) groups is 2. The Morgan fingerprint density at radius 3 is 2.33 bits per heavy atom. The molecule has 2 rings (SSSR count). The second-order valence-electron chi connectivity index (χ2n) is 7.08. The normalized spacial score (nSPS) is 33.2. The van der Waals surface area contributed by atoms with Crippen LogP contribution in [0.25, 0.3) is 0 Å². The van der Waals surface area contributed by atoms with Gasteiger partial charge in [-0.3, -0.25) is 9.59 Å². The van der Waals surface area contributed by atoms with Gasteiger partial charge in [-0.05, 0) is 45.4 Å². The van der Waals surface area contributed by atoms with Crippen molar-refractivity contribution in [1.29, 1.82) is 0 Å². The fourth-order valence-electron chi connectivity index (χ4n) is 3.38. The Hall–Kier alpha value is -1.06. The summed E-state index contributed by atoms with van der Waals surface area (Å²) in [5, 5.41) is 3.05. The van der Waals surface area contributed by atoms with Crippen molar-refractivity contribution in [3.63, 3.8) is 0 Å². The van der Waals surface area contributed by atoms with Crippen molar-refractivity contribution in [1.82, 2.24) is 10.2 Å². The summed E-state index contributed by atoms with van der Waals surface area (Å²) in [6.07, 6.45) is 7.25. The summed E-state index contributed by atoms with van der Waals surface area (Å²) in [5.74, 6) is 0.480. The minimum Gasteiger partial charge on any atom is -0.340 e. The number of amides is 2. The lowest BCUT2D eigenvalue weighted by Crippen LogP contribution is -2.74. The molecular formula is C17H30N2O2. The van der Waals surface area contributed by atoms with Gasteiger partial charge in [-0.25, -0.2) is 0 Å². The molecule has 2 fully saturated rings. The van der Waals surface area contributed by atoms with Gasteiger partial charge in [0.1, 0.15) is 11.1 Å². The van der Waals surface area contributed by atoms with Crippen molar-refractivity contribution in [2.24, 2.45) is 5.92 Å². The van der Waals surface area contributed by atoms with Crippen molar-refractivity contribution in [3.05, 3.63) is 0 Å². The topological polar surface area (TPSA) is 49.4 Å². The number of nitrogens with one attached hydrogen (secondary N) is 1. The molecule has 1 saturated heterocycles. The summed E-state index contributed by atoms with van der Waals surface area (Å²) in [4.78, 5) is 27.5. The molecule has 0 spiro atoms. The van der Waals surface area contributed by atoms with Crippen molar-refractivity contribution in [2.75, 3.05) is 6.54 Å². The lowest BCUT2D eigenvalue weighted by Gasteiger charge is -2.50. The van der Waals surface area contributed by atoms with E-state index >= 15 is 0 Å². The zero-order valence-corrected chi connectivity index (χ0v) is 14.0. The Balaban J connectivity index is 2.17. The third-order valence-electron chi connectivity index (χ3n) is 5.47. The van der Waals surface area contributed by atoms with Gasteiger partial charge in [0.25, 0.3) is 0 Å². The first-order chi connectivity index (χ1) is 9.90. The number of unbranched alkanes of at least 4 members (excludes halogenated alkanes) is 3. The number of carbonyl (C=O) groups excluding carboxylic acids is 2. The van der Waals surface area contributed by atoms with E-state index in [0.717, 1.165) is 25.7 Å². The van der Waals surface area contributed by atoms with Crippen LogP contribution in [0.3, 0.4) is 0 Å². The van der Waals surface area contributed by atoms with E-state index in [1.165, 1.54) is 12.8 Å². The van der Waals surface area contributed by atoms with Crippen molar-refractivity contribution >= 4 is 11.8 Å². The Bertz CT molecular complexity index is 419. The molecule has 1 aliphatic heterocycles. The van der Waals surface area contributed by atoms with Gasteiger partial charge in [0, 0.05) is 6.54 Å². The SMILES string of the molecule is CCCCCCN1C(=O)C(C)(C2CC2)NC(=O)C1(C)CC. The molecule has 1 heterocycles. The van der Waals surface area contributed by atoms with E-state index in [9.17, 15) is 9.59 Å². The first kappa shape index (κ1) is 16.3. The van der Waals surface area contributed by atoms with E-state index in [4.69, 9.17) is 0 Å². The summed E-state index contributed by atoms with van der Waals surface area (Å²) in [5.41, 5.74) is -1.35. The van der Waals surface area contributed by atoms with Crippen molar-refractivity contribution in [2.45, 2.75) is 83.7 Å². The van der Waals surface area contributed by atoms with Crippen LogP contribution < -0.4 is 5.32 Å². The summed E-state index contributed by atoms with van der Waals surface area (Å²) in [6, 6.07) is 0. The lowest BCUT2D eigenvalue weighted by molar-refractivity contribution is -0.163. The average molecular weight is 294 g/mol. The first-order valence-corrected chi connectivity index (χ1v) is 8.54. The van der Waals surface area contributed by atoms with Crippen molar-refractivity contribution < 1.29 is 9.59 Å². The molecule has 2 aliphatic rings. The van der Waals surface area contributed by atoms with Gasteiger partial charge >= 0.3 is 0 Å². The van der Waals surface area contributed by atoms with Crippen LogP contribution in [0.1, 0.15) is 72.6 Å². The van der Waals surface area contributed by atoms with Crippen LogP contribution in [0.5, 0.6) is 0 Å². The molecule has 0 aromatic carbocycles. The maximum atomic E-state index is 13.0. The Morgan fingerprint density at radius 2 is 1.81 bits per heavy atom. The second kappa shape index (κ2) is 5.98. The fraction of sp³-hybridized carbons (Fsp3) is 0.882. The van der Waals surface area contributed by atoms with Gasteiger partial charge in [-0.15, -0.1) is 0 Å². The standard InChI is InChI=1S/C17H30N2O2/c1-5-7-8-9-12-19-15(21)17(4,13-10-11-13)18-14(20)16(19,3)6-2/h13H,5-12H2,1-4H3,(H,18,20). The molecule has 0 aromatic rings. The molecule has 1 saturated carbocycles. The quantitative estimate of drug-likeness (QED) is 0.734. The summed E-state index contributed by atoms with van der Waals surface area (Å²) >= 11 is 0. The number of piperazine rings is 1. The van der Waals surface area contributed by atoms with Gasteiger partial charge in [-0.1, -0.05) is 33.1 Å². The highest BCUT2D eigenvalue weighted by Gasteiger charge is 2.58. The molecule has 2 atom stereocenters. The lowest BCUT2D eigenvalue weighted by atomic mass is 9.82. The predicted octanol–water partition coefficient (Wildman–Crippen LogP) is 2.86. The second-order valence-corrected chi connectivity index (χ2v) is 7.08. The maximum absolute atomic E-state index is 13.0. The van der Waals surface area contributed by atoms with E-state index in [1.807, 2.05) is 25.7 Å². The molecule has 2 unspecified atom stereocenters. The van der Waals surface area contributed by atoms with E-state index in [0.29, 0.717) is 18.9 Å². The van der Waals surface area contributed by atoms with Gasteiger partial charge in [0.05, 0.1) is 0 Å². The number of nitrogens with zero attached hydrogens (tertiary/aromatic N) is 1. The number of hydrogen-bond donors (Lipinski definition) is 1. The van der Waals surface area contributed by atoms with E-state index in [2.05, 4.69) is 12.2 Å². The van der Waals surface area contributed by atoms with Crippen LogP contribution in [0.4, 0.5) is 0 Å². The molecule has 2 amide bonds. The highest BCUT2D eigenvalue weighted by molar-refractivity contribution is 6.02. The average Bonchev–Trinajstić information content (AvgIpc) is 3.29. The molecule has 1 N–H and O–H groups in total. The molecular weight excluding hydrogens is 264 g/mol. The molecule has 0 bridgehead atoms. The predicted molar refractivity (Wildman–Crippen MR) is 83.8 cm³/mol. The van der Waals surface area contributed by atoms with E-state index in [-0.39, 0.29) is 11.8 Å². The third kappa shape index (κ3) is 2.82. The first-order valence-electron chi connectivity index (χ1n) is 8.54. The Labute approximate surface area is 128 Å². The Morgan fingerprint density at radius 1 is 1.14 bits per heavy atom. The van der Waals surface area contributed by atoms with Crippen LogP contribution in [0.2, 0.25) is 0 Å². The summed E-state index contributed by atoms with van der Waals surface area (Å²) < 4.78 is 0. The Kier molecular flexibility index (Phi) is 4.64. The number of rotatable bonds is 7. The van der Waals surface area contributed by atoms with Crippen molar-refractivity contribution in [3.8, 4) is 0 Å². The molecule has 21 heavy (non-hydrogen) atoms. The minimum atomic E-state index is -0.683. The van der Waals surface area contributed by atoms with E-state index in [1.54, 1.807) is 0 Å². The largest absolute Gasteiger partial charge is 0.340 e. The molecule has 4 heteroatoms. The van der Waals surface area contributed by atoms with Crippen LogP contribution in [-0.2, 0) is 9.59 Å². The molecule has 4 nitrogen and oxygen atoms in total. The summed E-state index contributed by atoms with van der Waals surface area (Å²) in [6.45, 7) is 8.70. The smallest absolute Gasteiger partial charge is 0.249 e. The van der Waals surface area contributed by atoms with Crippen LogP contribution in [0, 0.1) is 5.92 Å². The van der Waals surface area contributed by atoms with Crippen LogP contribution in [-0.4, -0.2) is 34.3 Å². The van der Waals surface area contributed by atoms with Gasteiger partial charge in [0.2, 0.25) is 11.8 Å². The maximum Gasteiger partial charge on any atom is 0.249 e. The minimum absolute atomic E-state index is 0.0227. The van der Waals surface area contributed by atoms with E-state index < -0.39 is 11.1 Å².